The van der Waals surface area contributed by atoms with Crippen molar-refractivity contribution < 1.29 is 14.3 Å². The molecule has 0 heterocycles. The topological polar surface area (TPSA) is 43.4 Å². The smallest absolute Gasteiger partial charge is 0.311 e. The molecule has 2 aromatic rings. The summed E-state index contributed by atoms with van der Waals surface area (Å²) in [5.41, 5.74) is 1.19. The van der Waals surface area contributed by atoms with E-state index in [9.17, 15) is 9.59 Å². The summed E-state index contributed by atoms with van der Waals surface area (Å²) in [5.74, 6) is 0.578. The maximum atomic E-state index is 11.8. The summed E-state index contributed by atoms with van der Waals surface area (Å²) in [7, 11) is 0. The summed E-state index contributed by atoms with van der Waals surface area (Å²) < 4.78 is 5.20. The fraction of sp³-hybridized carbons (Fsp3) is 0.300. The molecule has 0 saturated carbocycles. The molecule has 0 N–H and O–H groups in total. The fourth-order valence-corrected chi connectivity index (χ4v) is 2.32. The van der Waals surface area contributed by atoms with Crippen molar-refractivity contribution in [3.63, 3.8) is 0 Å². The molecule has 2 rings (SSSR count). The largest absolute Gasteiger partial charge is 0.427 e. The molecule has 0 bridgehead atoms. The lowest BCUT2D eigenvalue weighted by atomic mass is 10.0. The van der Waals surface area contributed by atoms with E-state index in [0.717, 1.165) is 12.8 Å². The van der Waals surface area contributed by atoms with E-state index in [1.165, 1.54) is 5.56 Å². The van der Waals surface area contributed by atoms with Crippen LogP contribution in [0.15, 0.2) is 60.7 Å². The molecule has 0 fully saturated rings. The lowest BCUT2D eigenvalue weighted by molar-refractivity contribution is -0.134. The highest BCUT2D eigenvalue weighted by molar-refractivity contribution is 5.78. The maximum Gasteiger partial charge on any atom is 0.311 e. The Labute approximate surface area is 137 Å². The second-order valence-corrected chi connectivity index (χ2v) is 5.52. The summed E-state index contributed by atoms with van der Waals surface area (Å²) >= 11 is 0. The summed E-state index contributed by atoms with van der Waals surface area (Å²) in [6, 6.07) is 19.0. The predicted molar refractivity (Wildman–Crippen MR) is 90.3 cm³/mol. The third-order valence-electron chi connectivity index (χ3n) is 3.60. The zero-order chi connectivity index (χ0) is 16.3. The van der Waals surface area contributed by atoms with Gasteiger partial charge in [-0.15, -0.1) is 0 Å². The van der Waals surface area contributed by atoms with E-state index in [-0.39, 0.29) is 11.8 Å². The Morgan fingerprint density at radius 2 is 1.35 bits per heavy atom. The predicted octanol–water partition coefficient (Wildman–Crippen LogP) is 4.35. The van der Waals surface area contributed by atoms with E-state index in [4.69, 9.17) is 4.74 Å². The number of ether oxygens (including phenoxy) is 1. The number of ketones is 1. The fourth-order valence-electron chi connectivity index (χ4n) is 2.32. The van der Waals surface area contributed by atoms with Crippen LogP contribution in [0.4, 0.5) is 0 Å². The molecule has 0 aliphatic carbocycles. The van der Waals surface area contributed by atoms with Crippen LogP contribution in [0.1, 0.15) is 37.7 Å². The average molecular weight is 310 g/mol. The summed E-state index contributed by atoms with van der Waals surface area (Å²) in [6.07, 6.45) is 3.65. The Morgan fingerprint density at radius 1 is 0.739 bits per heavy atom. The summed E-state index contributed by atoms with van der Waals surface area (Å²) in [4.78, 5) is 23.5. The Hall–Kier alpha value is -2.42. The van der Waals surface area contributed by atoms with Gasteiger partial charge in [0.1, 0.15) is 11.5 Å². The zero-order valence-electron chi connectivity index (χ0n) is 13.2. The molecule has 0 aliphatic heterocycles. The monoisotopic (exact) mass is 310 g/mol. The third-order valence-corrected chi connectivity index (χ3v) is 3.60. The molecule has 3 nitrogen and oxygen atoms in total. The first-order valence-electron chi connectivity index (χ1n) is 8.05. The quantitative estimate of drug-likeness (QED) is 0.393. The van der Waals surface area contributed by atoms with Crippen LogP contribution < -0.4 is 4.74 Å². The highest BCUT2D eigenvalue weighted by Crippen LogP contribution is 2.11. The normalized spacial score (nSPS) is 10.3. The highest BCUT2D eigenvalue weighted by atomic mass is 16.5. The van der Waals surface area contributed by atoms with Gasteiger partial charge in [-0.05, 0) is 37.0 Å². The van der Waals surface area contributed by atoms with Crippen molar-refractivity contribution in [3.8, 4) is 5.75 Å². The molecule has 0 spiro atoms. The SMILES string of the molecule is O=C(CCCCC(=O)Oc1ccccc1)CCc1ccccc1. The molecule has 0 aromatic heterocycles. The highest BCUT2D eigenvalue weighted by Gasteiger charge is 2.06. The number of benzene rings is 2. The summed E-state index contributed by atoms with van der Waals surface area (Å²) in [5, 5.41) is 0. The number of carbonyl (C=O) groups excluding carboxylic acids is 2. The first kappa shape index (κ1) is 16.9. The van der Waals surface area contributed by atoms with Crippen LogP contribution >= 0.6 is 0 Å². The van der Waals surface area contributed by atoms with E-state index >= 15 is 0 Å². The van der Waals surface area contributed by atoms with Gasteiger partial charge in [-0.1, -0.05) is 48.5 Å². The van der Waals surface area contributed by atoms with Gasteiger partial charge in [0, 0.05) is 19.3 Å². The number of hydrogen-bond acceptors (Lipinski definition) is 3. The van der Waals surface area contributed by atoms with Crippen molar-refractivity contribution >= 4 is 11.8 Å². The molecule has 120 valence electrons. The number of hydrogen-bond donors (Lipinski definition) is 0. The Balaban J connectivity index is 1.56. The Bertz CT molecular complexity index is 605. The molecule has 0 atom stereocenters. The van der Waals surface area contributed by atoms with Gasteiger partial charge in [-0.2, -0.15) is 0 Å². The number of para-hydroxylation sites is 1. The molecule has 2 aromatic carbocycles. The first-order chi connectivity index (χ1) is 11.2. The van der Waals surface area contributed by atoms with Gasteiger partial charge < -0.3 is 4.74 Å². The van der Waals surface area contributed by atoms with Gasteiger partial charge in [0.25, 0.3) is 0 Å². The molecule has 0 unspecified atom stereocenters. The molecule has 0 saturated heterocycles. The third kappa shape index (κ3) is 6.92. The van der Waals surface area contributed by atoms with Crippen molar-refractivity contribution in [2.45, 2.75) is 38.5 Å². The van der Waals surface area contributed by atoms with Crippen LogP contribution in [0.2, 0.25) is 0 Å². The van der Waals surface area contributed by atoms with E-state index in [1.54, 1.807) is 12.1 Å². The number of unbranched alkanes of at least 4 members (excludes halogenated alkanes) is 1. The van der Waals surface area contributed by atoms with Crippen LogP contribution in [0, 0.1) is 0 Å². The van der Waals surface area contributed by atoms with Gasteiger partial charge >= 0.3 is 5.97 Å². The van der Waals surface area contributed by atoms with Crippen LogP contribution in [0.3, 0.4) is 0 Å². The van der Waals surface area contributed by atoms with Gasteiger partial charge in [0.15, 0.2) is 0 Å². The van der Waals surface area contributed by atoms with Gasteiger partial charge in [0.05, 0.1) is 0 Å². The number of rotatable bonds is 9. The lowest BCUT2D eigenvalue weighted by Crippen LogP contribution is -2.08. The maximum absolute atomic E-state index is 11.8. The Morgan fingerprint density at radius 3 is 2.04 bits per heavy atom. The van der Waals surface area contributed by atoms with Crippen LogP contribution in [0.25, 0.3) is 0 Å². The minimum absolute atomic E-state index is 0.243. The van der Waals surface area contributed by atoms with Gasteiger partial charge in [-0.25, -0.2) is 0 Å². The minimum atomic E-state index is -0.243. The van der Waals surface area contributed by atoms with Crippen molar-refractivity contribution in [1.29, 1.82) is 0 Å². The van der Waals surface area contributed by atoms with Crippen molar-refractivity contribution in [2.24, 2.45) is 0 Å². The number of carbonyl (C=O) groups is 2. The van der Waals surface area contributed by atoms with Crippen molar-refractivity contribution in [3.05, 3.63) is 66.2 Å². The molecular formula is C20H22O3. The number of aryl methyl sites for hydroxylation is 1. The van der Waals surface area contributed by atoms with Crippen molar-refractivity contribution in [2.75, 3.05) is 0 Å². The second-order valence-electron chi connectivity index (χ2n) is 5.52. The van der Waals surface area contributed by atoms with E-state index in [0.29, 0.717) is 31.4 Å². The minimum Gasteiger partial charge on any atom is -0.427 e. The molecule has 23 heavy (non-hydrogen) atoms. The summed E-state index contributed by atoms with van der Waals surface area (Å²) in [6.45, 7) is 0. The number of Topliss-reactive ketones (excluding diaryl/α,β-unsaturated/α-hetero) is 1. The van der Waals surface area contributed by atoms with Gasteiger partial charge in [-0.3, -0.25) is 9.59 Å². The standard InChI is InChI=1S/C20H22O3/c21-18(16-15-17-9-3-1-4-10-17)11-7-8-14-20(22)23-19-12-5-2-6-13-19/h1-6,9-10,12-13H,7-8,11,14-16H2. The van der Waals surface area contributed by atoms with Crippen molar-refractivity contribution in [1.82, 2.24) is 0 Å². The second kappa shape index (κ2) is 9.57. The zero-order valence-corrected chi connectivity index (χ0v) is 13.2. The van der Waals surface area contributed by atoms with Crippen LogP contribution in [-0.2, 0) is 16.0 Å². The van der Waals surface area contributed by atoms with E-state index < -0.39 is 0 Å². The van der Waals surface area contributed by atoms with Crippen LogP contribution in [-0.4, -0.2) is 11.8 Å². The average Bonchev–Trinajstić information content (AvgIpc) is 2.59. The molecule has 0 amide bonds. The molecular weight excluding hydrogens is 288 g/mol. The molecule has 0 radical (unpaired) electrons. The van der Waals surface area contributed by atoms with E-state index in [1.807, 2.05) is 48.5 Å². The Kier molecular flexibility index (Phi) is 7.05. The molecule has 0 aliphatic rings. The van der Waals surface area contributed by atoms with E-state index in [2.05, 4.69) is 0 Å². The first-order valence-corrected chi connectivity index (χ1v) is 8.05. The van der Waals surface area contributed by atoms with Crippen LogP contribution in [0.5, 0.6) is 5.75 Å². The van der Waals surface area contributed by atoms with Gasteiger partial charge in [0.2, 0.25) is 0 Å². The lowest BCUT2D eigenvalue weighted by Gasteiger charge is -2.04. The molecule has 3 heteroatoms. The number of esters is 1.